The van der Waals surface area contributed by atoms with Crippen LogP contribution in [0.5, 0.6) is 0 Å². The third-order valence-electron chi connectivity index (χ3n) is 2.76. The van der Waals surface area contributed by atoms with Gasteiger partial charge in [0, 0.05) is 39.5 Å². The number of rotatable bonds is 5. The highest BCUT2D eigenvalue weighted by molar-refractivity contribution is 7.18. The van der Waals surface area contributed by atoms with Gasteiger partial charge in [0.25, 0.3) is 5.91 Å². The standard InChI is InChI=1S/C12H17N5OS/c1-14-12(18)11-8(13)7-10(19-11)16-4-3-9-15-5-6-17(9)2/h5-7,16H,3-4,13H2,1-2H3,(H,14,18). The third kappa shape index (κ3) is 3.05. The minimum absolute atomic E-state index is 0.153. The molecule has 0 aliphatic heterocycles. The monoisotopic (exact) mass is 279 g/mol. The zero-order valence-corrected chi connectivity index (χ0v) is 11.8. The molecule has 102 valence electrons. The highest BCUT2D eigenvalue weighted by Gasteiger charge is 2.12. The molecule has 0 aliphatic rings. The van der Waals surface area contributed by atoms with Gasteiger partial charge in [0.1, 0.15) is 10.7 Å². The molecule has 0 spiro atoms. The number of aromatic nitrogens is 2. The van der Waals surface area contributed by atoms with E-state index >= 15 is 0 Å². The zero-order chi connectivity index (χ0) is 13.8. The molecule has 7 heteroatoms. The number of anilines is 2. The van der Waals surface area contributed by atoms with Gasteiger partial charge >= 0.3 is 0 Å². The SMILES string of the molecule is CNC(=O)c1sc(NCCc2nccn2C)cc1N. The van der Waals surface area contributed by atoms with Crippen LogP contribution in [0.4, 0.5) is 10.7 Å². The summed E-state index contributed by atoms with van der Waals surface area (Å²) in [4.78, 5) is 16.3. The lowest BCUT2D eigenvalue weighted by Gasteiger charge is -2.03. The average molecular weight is 279 g/mol. The van der Waals surface area contributed by atoms with Gasteiger partial charge in [0.05, 0.1) is 10.7 Å². The Morgan fingerprint density at radius 3 is 3.00 bits per heavy atom. The molecule has 0 aromatic carbocycles. The molecule has 2 heterocycles. The van der Waals surface area contributed by atoms with E-state index in [4.69, 9.17) is 5.73 Å². The maximum atomic E-state index is 11.5. The summed E-state index contributed by atoms with van der Waals surface area (Å²) in [5.41, 5.74) is 6.30. The minimum atomic E-state index is -0.153. The zero-order valence-electron chi connectivity index (χ0n) is 10.9. The van der Waals surface area contributed by atoms with Crippen molar-refractivity contribution in [1.82, 2.24) is 14.9 Å². The van der Waals surface area contributed by atoms with Gasteiger partial charge in [-0.3, -0.25) is 4.79 Å². The molecule has 2 aromatic heterocycles. The number of aryl methyl sites for hydroxylation is 1. The first kappa shape index (κ1) is 13.4. The van der Waals surface area contributed by atoms with Crippen LogP contribution >= 0.6 is 11.3 Å². The van der Waals surface area contributed by atoms with Crippen molar-refractivity contribution >= 4 is 27.9 Å². The molecule has 19 heavy (non-hydrogen) atoms. The number of thiophene rings is 1. The first-order valence-electron chi connectivity index (χ1n) is 5.93. The molecule has 0 unspecified atom stereocenters. The van der Waals surface area contributed by atoms with Crippen LogP contribution in [0.2, 0.25) is 0 Å². The normalized spacial score (nSPS) is 10.4. The van der Waals surface area contributed by atoms with E-state index in [1.54, 1.807) is 19.3 Å². The van der Waals surface area contributed by atoms with Crippen LogP contribution < -0.4 is 16.4 Å². The predicted octanol–water partition coefficient (Wildman–Crippen LogP) is 1.08. The maximum Gasteiger partial charge on any atom is 0.263 e. The molecule has 0 saturated carbocycles. The Kier molecular flexibility index (Phi) is 4.06. The summed E-state index contributed by atoms with van der Waals surface area (Å²) in [6.45, 7) is 0.748. The Labute approximate surface area is 115 Å². The molecule has 4 N–H and O–H groups in total. The number of carbonyl (C=O) groups is 1. The number of nitrogens with two attached hydrogens (primary N) is 1. The Morgan fingerprint density at radius 1 is 1.58 bits per heavy atom. The molecule has 2 aromatic rings. The number of hydrogen-bond acceptors (Lipinski definition) is 5. The smallest absolute Gasteiger partial charge is 0.263 e. The quantitative estimate of drug-likeness (QED) is 0.764. The van der Waals surface area contributed by atoms with Crippen molar-refractivity contribution in [1.29, 1.82) is 0 Å². The lowest BCUT2D eigenvalue weighted by Crippen LogP contribution is -2.17. The molecule has 0 fully saturated rings. The van der Waals surface area contributed by atoms with Crippen LogP contribution in [0.15, 0.2) is 18.5 Å². The summed E-state index contributed by atoms with van der Waals surface area (Å²) in [6.07, 6.45) is 4.51. The van der Waals surface area contributed by atoms with Crippen LogP contribution in [0.3, 0.4) is 0 Å². The van der Waals surface area contributed by atoms with E-state index in [1.165, 1.54) is 11.3 Å². The van der Waals surface area contributed by atoms with Gasteiger partial charge in [0.2, 0.25) is 0 Å². The fourth-order valence-electron chi connectivity index (χ4n) is 1.72. The van der Waals surface area contributed by atoms with Crippen molar-refractivity contribution in [3.05, 3.63) is 29.2 Å². The Balaban J connectivity index is 1.93. The molecule has 2 rings (SSSR count). The summed E-state index contributed by atoms with van der Waals surface area (Å²) in [5, 5.41) is 6.72. The second-order valence-corrected chi connectivity index (χ2v) is 5.16. The van der Waals surface area contributed by atoms with Crippen LogP contribution in [-0.4, -0.2) is 29.1 Å². The summed E-state index contributed by atoms with van der Waals surface area (Å²) in [5.74, 6) is 0.864. The second-order valence-electron chi connectivity index (χ2n) is 4.11. The lowest BCUT2D eigenvalue weighted by atomic mass is 10.3. The topological polar surface area (TPSA) is 85.0 Å². The molecule has 0 radical (unpaired) electrons. The van der Waals surface area contributed by atoms with Gasteiger partial charge in [-0.1, -0.05) is 0 Å². The largest absolute Gasteiger partial charge is 0.397 e. The van der Waals surface area contributed by atoms with Gasteiger partial charge in [-0.15, -0.1) is 11.3 Å². The molecule has 6 nitrogen and oxygen atoms in total. The molecular formula is C12H17N5OS. The Bertz CT molecular complexity index is 574. The molecule has 0 saturated heterocycles. The number of imidazole rings is 1. The molecule has 0 atom stereocenters. The van der Waals surface area contributed by atoms with Crippen LogP contribution in [0.25, 0.3) is 0 Å². The van der Waals surface area contributed by atoms with Crippen molar-refractivity contribution in [3.8, 4) is 0 Å². The van der Waals surface area contributed by atoms with Gasteiger partial charge in [-0.05, 0) is 6.07 Å². The number of nitrogens with zero attached hydrogens (tertiary/aromatic N) is 2. The molecular weight excluding hydrogens is 262 g/mol. The summed E-state index contributed by atoms with van der Waals surface area (Å²) < 4.78 is 1.99. The number of carbonyl (C=O) groups excluding carboxylic acids is 1. The van der Waals surface area contributed by atoms with Crippen molar-refractivity contribution in [2.24, 2.45) is 7.05 Å². The van der Waals surface area contributed by atoms with Crippen LogP contribution in [0, 0.1) is 0 Å². The predicted molar refractivity (Wildman–Crippen MR) is 77.5 cm³/mol. The number of nitrogen functional groups attached to an aromatic ring is 1. The number of amides is 1. The van der Waals surface area contributed by atoms with Crippen molar-refractivity contribution in [2.75, 3.05) is 24.6 Å². The Hall–Kier alpha value is -2.02. The molecule has 0 aliphatic carbocycles. The Morgan fingerprint density at radius 2 is 2.37 bits per heavy atom. The third-order valence-corrected chi connectivity index (χ3v) is 3.87. The summed E-state index contributed by atoms with van der Waals surface area (Å²) >= 11 is 1.36. The van der Waals surface area contributed by atoms with E-state index < -0.39 is 0 Å². The van der Waals surface area contributed by atoms with Gasteiger partial charge in [-0.25, -0.2) is 4.98 Å². The molecule has 1 amide bonds. The van der Waals surface area contributed by atoms with Crippen LogP contribution in [-0.2, 0) is 13.5 Å². The van der Waals surface area contributed by atoms with Crippen molar-refractivity contribution in [2.45, 2.75) is 6.42 Å². The maximum absolute atomic E-state index is 11.5. The molecule has 0 bridgehead atoms. The van der Waals surface area contributed by atoms with Crippen molar-refractivity contribution < 1.29 is 4.79 Å². The first-order chi connectivity index (χ1) is 9.11. The van der Waals surface area contributed by atoms with E-state index in [9.17, 15) is 4.79 Å². The van der Waals surface area contributed by atoms with Crippen LogP contribution in [0.1, 0.15) is 15.5 Å². The fourth-order valence-corrected chi connectivity index (χ4v) is 2.67. The minimum Gasteiger partial charge on any atom is -0.397 e. The lowest BCUT2D eigenvalue weighted by molar-refractivity contribution is 0.0968. The number of nitrogens with one attached hydrogen (secondary N) is 2. The van der Waals surface area contributed by atoms with E-state index in [-0.39, 0.29) is 5.91 Å². The van der Waals surface area contributed by atoms with E-state index in [2.05, 4.69) is 15.6 Å². The first-order valence-corrected chi connectivity index (χ1v) is 6.75. The highest BCUT2D eigenvalue weighted by Crippen LogP contribution is 2.28. The van der Waals surface area contributed by atoms with Crippen molar-refractivity contribution in [3.63, 3.8) is 0 Å². The van der Waals surface area contributed by atoms with E-state index in [0.29, 0.717) is 10.6 Å². The van der Waals surface area contributed by atoms with Gasteiger partial charge < -0.3 is 20.9 Å². The van der Waals surface area contributed by atoms with Gasteiger partial charge in [0.15, 0.2) is 0 Å². The van der Waals surface area contributed by atoms with E-state index in [1.807, 2.05) is 17.8 Å². The second kappa shape index (κ2) is 5.75. The average Bonchev–Trinajstić information content (AvgIpc) is 2.96. The summed E-state index contributed by atoms with van der Waals surface area (Å²) in [6, 6.07) is 1.79. The van der Waals surface area contributed by atoms with Gasteiger partial charge in [-0.2, -0.15) is 0 Å². The fraction of sp³-hybridized carbons (Fsp3) is 0.333. The summed E-state index contributed by atoms with van der Waals surface area (Å²) in [7, 11) is 3.56. The van der Waals surface area contributed by atoms with E-state index in [0.717, 1.165) is 23.8 Å². The number of hydrogen-bond donors (Lipinski definition) is 3. The highest BCUT2D eigenvalue weighted by atomic mass is 32.1.